The second kappa shape index (κ2) is 11.8. The molecule has 0 unspecified atom stereocenters. The first-order valence-corrected chi connectivity index (χ1v) is 18.3. The van der Waals surface area contributed by atoms with E-state index < -0.39 is 25.4 Å². The number of sulfone groups is 1. The van der Waals surface area contributed by atoms with E-state index in [4.69, 9.17) is 0 Å². The number of sulfonamides is 1. The van der Waals surface area contributed by atoms with Crippen LogP contribution in [-0.4, -0.2) is 50.4 Å². The van der Waals surface area contributed by atoms with E-state index in [2.05, 4.69) is 14.6 Å². The summed E-state index contributed by atoms with van der Waals surface area (Å²) in [5, 5.41) is 4.53. The first-order valence-electron chi connectivity index (χ1n) is 15.0. The Labute approximate surface area is 250 Å². The Morgan fingerprint density at radius 1 is 0.952 bits per heavy atom. The molecule has 2 N–H and O–H groups in total. The number of aromatic nitrogens is 1. The van der Waals surface area contributed by atoms with E-state index in [1.54, 1.807) is 6.07 Å². The molecule has 0 radical (unpaired) electrons. The molecule has 1 aromatic heterocycles. The van der Waals surface area contributed by atoms with Gasteiger partial charge in [0.1, 0.15) is 9.84 Å². The molecule has 2 aliphatic rings. The summed E-state index contributed by atoms with van der Waals surface area (Å²) in [6.45, 7) is 8.22. The van der Waals surface area contributed by atoms with Gasteiger partial charge in [-0.25, -0.2) is 21.6 Å². The Morgan fingerprint density at radius 3 is 2.24 bits per heavy atom. The summed E-state index contributed by atoms with van der Waals surface area (Å²) in [6, 6.07) is 12.8. The molecule has 42 heavy (non-hydrogen) atoms. The van der Waals surface area contributed by atoms with E-state index in [1.807, 2.05) is 64.1 Å². The van der Waals surface area contributed by atoms with Gasteiger partial charge in [0.15, 0.2) is 0 Å². The van der Waals surface area contributed by atoms with Crippen LogP contribution in [0.25, 0.3) is 22.0 Å². The molecule has 1 saturated carbocycles. The van der Waals surface area contributed by atoms with Crippen molar-refractivity contribution in [3.63, 3.8) is 0 Å². The third-order valence-corrected chi connectivity index (χ3v) is 12.1. The summed E-state index contributed by atoms with van der Waals surface area (Å²) < 4.78 is 55.6. The second-order valence-electron chi connectivity index (χ2n) is 13.1. The molecule has 0 spiro atoms. The predicted molar refractivity (Wildman–Crippen MR) is 168 cm³/mol. The average Bonchev–Trinajstić information content (AvgIpc) is 3.24. The van der Waals surface area contributed by atoms with Crippen LogP contribution >= 0.6 is 0 Å². The quantitative estimate of drug-likeness (QED) is 0.361. The maximum Gasteiger partial charge on any atom is 0.253 e. The maximum absolute atomic E-state index is 13.6. The van der Waals surface area contributed by atoms with Gasteiger partial charge in [0.05, 0.1) is 22.0 Å². The minimum Gasteiger partial charge on any atom is -0.349 e. The number of carbonyl (C=O) groups is 1. The van der Waals surface area contributed by atoms with Crippen molar-refractivity contribution in [1.82, 2.24) is 14.6 Å². The molecule has 2 aromatic carbocycles. The number of fused-ring (bicyclic) bond motifs is 1. The van der Waals surface area contributed by atoms with Gasteiger partial charge < -0.3 is 9.88 Å². The lowest BCUT2D eigenvalue weighted by atomic mass is 9.89. The molecule has 1 saturated heterocycles. The van der Waals surface area contributed by atoms with Crippen LogP contribution in [0.4, 0.5) is 0 Å². The van der Waals surface area contributed by atoms with Crippen LogP contribution in [0.5, 0.6) is 0 Å². The second-order valence-corrected chi connectivity index (χ2v) is 17.0. The maximum atomic E-state index is 13.6. The molecule has 0 bridgehead atoms. The fourth-order valence-electron chi connectivity index (χ4n) is 6.45. The largest absolute Gasteiger partial charge is 0.349 e. The van der Waals surface area contributed by atoms with Crippen molar-refractivity contribution in [2.45, 2.75) is 95.7 Å². The highest BCUT2D eigenvalue weighted by molar-refractivity contribution is 7.91. The van der Waals surface area contributed by atoms with Crippen molar-refractivity contribution < 1.29 is 21.6 Å². The molecule has 228 valence electrons. The molecule has 2 heterocycles. The van der Waals surface area contributed by atoms with Crippen molar-refractivity contribution in [3.05, 3.63) is 53.7 Å². The molecule has 0 atom stereocenters. The fraction of sp³-hybridized carbons (Fsp3) is 0.531. The van der Waals surface area contributed by atoms with Crippen LogP contribution in [0.15, 0.2) is 47.4 Å². The van der Waals surface area contributed by atoms with Crippen molar-refractivity contribution in [1.29, 1.82) is 0 Å². The molecule has 1 amide bonds. The van der Waals surface area contributed by atoms with E-state index in [0.29, 0.717) is 29.7 Å². The van der Waals surface area contributed by atoms with Gasteiger partial charge in [-0.1, -0.05) is 49.6 Å². The first kappa shape index (κ1) is 30.8. The van der Waals surface area contributed by atoms with Gasteiger partial charge in [0.25, 0.3) is 5.91 Å². The van der Waals surface area contributed by atoms with Crippen LogP contribution in [0.2, 0.25) is 0 Å². The third-order valence-electron chi connectivity index (χ3n) is 8.56. The summed E-state index contributed by atoms with van der Waals surface area (Å²) >= 11 is 0. The number of amides is 1. The SMILES string of the molecule is Cc1c(C(=O)NC2CCS(=O)(=O)CC2)cc(-c2ccc(S(=O)(=O)NC(C)(C)C)c3ccccc23)n1CC1CCCCC1. The molecular weight excluding hydrogens is 571 g/mol. The van der Waals surface area contributed by atoms with Crippen LogP contribution in [0.3, 0.4) is 0 Å². The highest BCUT2D eigenvalue weighted by atomic mass is 32.2. The summed E-state index contributed by atoms with van der Waals surface area (Å²) in [7, 11) is -6.81. The Bertz CT molecular complexity index is 1680. The standard InChI is InChI=1S/C32H43N3O5S2/c1-22-28(31(36)33-24-16-18-41(37,38)19-17-24)20-29(35(22)21-23-10-6-5-7-11-23)26-14-15-30(27-13-9-8-12-25(26)27)42(39,40)34-32(2,3)4/h8-9,12-15,20,23-24,34H,5-7,10-11,16-19,21H2,1-4H3,(H,33,36). The molecule has 3 aromatic rings. The van der Waals surface area contributed by atoms with Crippen molar-refractivity contribution in [2.24, 2.45) is 5.92 Å². The van der Waals surface area contributed by atoms with Crippen LogP contribution in [0, 0.1) is 12.8 Å². The Morgan fingerprint density at radius 2 is 1.60 bits per heavy atom. The topological polar surface area (TPSA) is 114 Å². The number of benzene rings is 2. The van der Waals surface area contributed by atoms with Crippen molar-refractivity contribution in [3.8, 4) is 11.3 Å². The van der Waals surface area contributed by atoms with E-state index in [-0.39, 0.29) is 28.4 Å². The zero-order valence-corrected chi connectivity index (χ0v) is 26.7. The number of nitrogens with zero attached hydrogens (tertiary/aromatic N) is 1. The molecule has 10 heteroatoms. The van der Waals surface area contributed by atoms with Gasteiger partial charge in [0, 0.05) is 40.5 Å². The van der Waals surface area contributed by atoms with Crippen LogP contribution in [0.1, 0.15) is 81.8 Å². The van der Waals surface area contributed by atoms with Gasteiger partial charge >= 0.3 is 0 Å². The highest BCUT2D eigenvalue weighted by Gasteiger charge is 2.29. The molecule has 8 nitrogen and oxygen atoms in total. The number of carbonyl (C=O) groups excluding carboxylic acids is 1. The smallest absolute Gasteiger partial charge is 0.253 e. The number of hydrogen-bond acceptors (Lipinski definition) is 5. The van der Waals surface area contributed by atoms with Gasteiger partial charge in [-0.2, -0.15) is 0 Å². The molecule has 1 aliphatic carbocycles. The van der Waals surface area contributed by atoms with Gasteiger partial charge in [-0.05, 0) is 76.8 Å². The summed E-state index contributed by atoms with van der Waals surface area (Å²) in [6.07, 6.45) is 6.79. The zero-order chi connectivity index (χ0) is 30.3. The number of rotatable bonds is 7. The van der Waals surface area contributed by atoms with Crippen LogP contribution in [-0.2, 0) is 26.4 Å². The Balaban J connectivity index is 1.58. The lowest BCUT2D eigenvalue weighted by molar-refractivity contribution is 0.0933. The van der Waals surface area contributed by atoms with Gasteiger partial charge in [-0.3, -0.25) is 4.79 Å². The lowest BCUT2D eigenvalue weighted by Crippen LogP contribution is -2.41. The molecular formula is C32H43N3O5S2. The van der Waals surface area contributed by atoms with Gasteiger partial charge in [0.2, 0.25) is 10.0 Å². The minimum atomic E-state index is -3.78. The first-order chi connectivity index (χ1) is 19.7. The van der Waals surface area contributed by atoms with Crippen molar-refractivity contribution >= 4 is 36.5 Å². The normalized spacial score (nSPS) is 18.8. The molecule has 1 aliphatic heterocycles. The monoisotopic (exact) mass is 613 g/mol. The van der Waals surface area contributed by atoms with Gasteiger partial charge in [-0.15, -0.1) is 0 Å². The van der Waals surface area contributed by atoms with E-state index >= 15 is 0 Å². The summed E-state index contributed by atoms with van der Waals surface area (Å²) in [5.74, 6) is 0.495. The van der Waals surface area contributed by atoms with E-state index in [9.17, 15) is 21.6 Å². The molecule has 2 fully saturated rings. The average molecular weight is 614 g/mol. The predicted octanol–water partition coefficient (Wildman–Crippen LogP) is 5.58. The Kier molecular flexibility index (Phi) is 8.62. The van der Waals surface area contributed by atoms with E-state index in [0.717, 1.165) is 41.7 Å². The summed E-state index contributed by atoms with van der Waals surface area (Å²) in [5.41, 5.74) is 2.58. The minimum absolute atomic E-state index is 0.0934. The highest BCUT2D eigenvalue weighted by Crippen LogP contribution is 2.37. The summed E-state index contributed by atoms with van der Waals surface area (Å²) in [4.78, 5) is 13.8. The van der Waals surface area contributed by atoms with E-state index in [1.165, 1.54) is 19.3 Å². The lowest BCUT2D eigenvalue weighted by Gasteiger charge is -2.25. The molecule has 5 rings (SSSR count). The van der Waals surface area contributed by atoms with Crippen molar-refractivity contribution in [2.75, 3.05) is 11.5 Å². The fourth-order valence-corrected chi connectivity index (χ4v) is 9.57. The third kappa shape index (κ3) is 6.76. The Hall–Kier alpha value is -2.69. The number of hydrogen-bond donors (Lipinski definition) is 2. The van der Waals surface area contributed by atoms with Crippen LogP contribution < -0.4 is 10.0 Å². The zero-order valence-electron chi connectivity index (χ0n) is 25.1. The number of nitrogens with one attached hydrogen (secondary N) is 2.